The summed E-state index contributed by atoms with van der Waals surface area (Å²) in [6.45, 7) is 3.71. The lowest BCUT2D eigenvalue weighted by Crippen LogP contribution is -2.48. The minimum absolute atomic E-state index is 0.0665. The number of hydrogen-bond donors (Lipinski definition) is 4. The molecule has 5 heterocycles. The van der Waals surface area contributed by atoms with Gasteiger partial charge < -0.3 is 26.4 Å². The molecule has 0 atom stereocenters. The molecule has 2 aliphatic heterocycles. The van der Waals surface area contributed by atoms with Crippen LogP contribution in [0.4, 0.5) is 5.00 Å². The first-order valence-corrected chi connectivity index (χ1v) is 13.1. The van der Waals surface area contributed by atoms with E-state index in [2.05, 4.69) is 20.9 Å². The number of nitrogens with zero attached hydrogens (tertiary/aromatic N) is 2. The van der Waals surface area contributed by atoms with Gasteiger partial charge in [0, 0.05) is 55.9 Å². The van der Waals surface area contributed by atoms with Crippen molar-refractivity contribution in [2.75, 3.05) is 38.2 Å². The number of rotatable bonds is 8. The van der Waals surface area contributed by atoms with Gasteiger partial charge in [-0.15, -0.1) is 22.7 Å². The molecule has 0 saturated carbocycles. The molecule has 3 aromatic rings. The molecule has 0 aromatic carbocycles. The number of anilines is 1. The molecule has 9 nitrogen and oxygen atoms in total. The Hall–Kier alpha value is -2.44. The Kier molecular flexibility index (Phi) is 6.89. The van der Waals surface area contributed by atoms with Crippen LogP contribution in [-0.2, 0) is 27.3 Å². The van der Waals surface area contributed by atoms with Crippen molar-refractivity contribution in [1.82, 2.24) is 20.6 Å². The van der Waals surface area contributed by atoms with Crippen LogP contribution in [0.25, 0.3) is 20.8 Å². The molecule has 0 aliphatic carbocycles. The fourth-order valence-electron chi connectivity index (χ4n) is 4.53. The zero-order chi connectivity index (χ0) is 23.5. The van der Waals surface area contributed by atoms with Crippen LogP contribution < -0.4 is 21.7 Å². The lowest BCUT2D eigenvalue weighted by atomic mass is 9.79. The zero-order valence-electron chi connectivity index (χ0n) is 18.8. The maximum Gasteiger partial charge on any atom is 0.226 e. The van der Waals surface area contributed by atoms with E-state index in [-0.39, 0.29) is 11.8 Å². The average molecular weight is 501 g/mol. The molecule has 180 valence electrons. The van der Waals surface area contributed by atoms with Gasteiger partial charge in [0.15, 0.2) is 0 Å². The largest absolute Gasteiger partial charge is 0.381 e. The van der Waals surface area contributed by atoms with Crippen molar-refractivity contribution in [2.45, 2.75) is 32.2 Å². The molecule has 3 aromatic heterocycles. The van der Waals surface area contributed by atoms with Gasteiger partial charge in [0.25, 0.3) is 0 Å². The molecule has 5 N–H and O–H groups in total. The van der Waals surface area contributed by atoms with Crippen molar-refractivity contribution in [3.63, 3.8) is 0 Å². The van der Waals surface area contributed by atoms with Gasteiger partial charge in [-0.1, -0.05) is 0 Å². The Labute approximate surface area is 205 Å². The summed E-state index contributed by atoms with van der Waals surface area (Å²) in [4.78, 5) is 35.1. The van der Waals surface area contributed by atoms with Gasteiger partial charge in [0.1, 0.15) is 15.5 Å². The normalized spacial score (nSPS) is 17.4. The molecule has 0 unspecified atom stereocenters. The summed E-state index contributed by atoms with van der Waals surface area (Å²) in [5.41, 5.74) is 8.25. The van der Waals surface area contributed by atoms with E-state index in [1.54, 1.807) is 35.1 Å². The number of thiazole rings is 1. The van der Waals surface area contributed by atoms with Crippen molar-refractivity contribution < 1.29 is 14.3 Å². The van der Waals surface area contributed by atoms with E-state index in [9.17, 15) is 9.59 Å². The molecule has 5 rings (SSSR count). The second-order valence-corrected chi connectivity index (χ2v) is 10.9. The highest BCUT2D eigenvalue weighted by atomic mass is 32.1. The summed E-state index contributed by atoms with van der Waals surface area (Å²) in [7, 11) is 0. The average Bonchev–Trinajstić information content (AvgIpc) is 3.43. The third-order valence-electron chi connectivity index (χ3n) is 6.55. The van der Waals surface area contributed by atoms with Crippen molar-refractivity contribution in [2.24, 2.45) is 11.1 Å². The number of nitrogens with one attached hydrogen (secondary N) is 3. The summed E-state index contributed by atoms with van der Waals surface area (Å²) in [6, 6.07) is 1.97. The van der Waals surface area contributed by atoms with Crippen LogP contribution in [-0.4, -0.2) is 54.6 Å². The third kappa shape index (κ3) is 4.71. The summed E-state index contributed by atoms with van der Waals surface area (Å²) >= 11 is 3.25. The number of ether oxygens (including phenoxy) is 1. The summed E-state index contributed by atoms with van der Waals surface area (Å²) < 4.78 is 6.46. The van der Waals surface area contributed by atoms with Gasteiger partial charge in [-0.2, -0.15) is 0 Å². The van der Waals surface area contributed by atoms with Crippen LogP contribution in [0.2, 0.25) is 0 Å². The Balaban J connectivity index is 1.27. The first-order chi connectivity index (χ1) is 16.6. The Morgan fingerprint density at radius 1 is 1.26 bits per heavy atom. The molecule has 11 heteroatoms. The van der Waals surface area contributed by atoms with Gasteiger partial charge in [0.2, 0.25) is 11.8 Å². The number of amides is 2. The van der Waals surface area contributed by atoms with E-state index in [0.717, 1.165) is 45.3 Å². The zero-order valence-corrected chi connectivity index (χ0v) is 20.4. The van der Waals surface area contributed by atoms with E-state index in [1.165, 1.54) is 10.4 Å². The molecular formula is C23H28N6O3S2. The molecule has 34 heavy (non-hydrogen) atoms. The van der Waals surface area contributed by atoms with Gasteiger partial charge in [0.05, 0.1) is 16.3 Å². The van der Waals surface area contributed by atoms with Crippen molar-refractivity contribution in [3.05, 3.63) is 28.9 Å². The molecule has 2 amide bonds. The number of carbonyl (C=O) groups excluding carboxylic acids is 2. The van der Waals surface area contributed by atoms with Crippen molar-refractivity contribution >= 4 is 49.7 Å². The van der Waals surface area contributed by atoms with Crippen LogP contribution in [0.5, 0.6) is 0 Å². The topological polar surface area (TPSA) is 131 Å². The minimum atomic E-state index is -0.594. The smallest absolute Gasteiger partial charge is 0.226 e. The highest BCUT2D eigenvalue weighted by Crippen LogP contribution is 2.44. The summed E-state index contributed by atoms with van der Waals surface area (Å²) in [6.07, 6.45) is 5.97. The summed E-state index contributed by atoms with van der Waals surface area (Å²) in [5.74, 6) is -0.371. The quantitative estimate of drug-likeness (QED) is 0.349. The number of pyridine rings is 1. The van der Waals surface area contributed by atoms with E-state index in [0.29, 0.717) is 45.6 Å². The maximum absolute atomic E-state index is 12.8. The fraction of sp³-hybridized carbons (Fsp3) is 0.478. The number of carbonyl (C=O) groups is 2. The highest BCUT2D eigenvalue weighted by molar-refractivity contribution is 7.22. The molecule has 1 fully saturated rings. The second-order valence-electron chi connectivity index (χ2n) is 8.73. The number of primary amides is 1. The second kappa shape index (κ2) is 10.0. The SMILES string of the molecule is NC(=O)C1(CNCCC(=O)Nc2sc3c(c2-c2nc4cnccc4s2)CCNC3)CCOCC1. The highest BCUT2D eigenvalue weighted by Gasteiger charge is 2.38. The third-order valence-corrected chi connectivity index (χ3v) is 8.75. The Bertz CT molecular complexity index is 1170. The first kappa shape index (κ1) is 23.3. The van der Waals surface area contributed by atoms with Crippen molar-refractivity contribution in [3.8, 4) is 10.6 Å². The molecular weight excluding hydrogens is 472 g/mol. The van der Waals surface area contributed by atoms with Crippen LogP contribution in [0.1, 0.15) is 29.7 Å². The molecule has 0 spiro atoms. The standard InChI is InChI=1S/C23H28N6O3S2/c24-22(31)23(4-9-32-10-5-23)13-27-8-3-18(30)29-21-19(14-1-6-26-12-17(14)34-21)20-28-15-11-25-7-2-16(15)33-20/h2,7,11,26-27H,1,3-6,8-10,12-13H2,(H2,24,31)(H,29,30). The lowest BCUT2D eigenvalue weighted by Gasteiger charge is -2.34. The molecule has 1 saturated heterocycles. The molecule has 0 radical (unpaired) electrons. The van der Waals surface area contributed by atoms with Crippen LogP contribution >= 0.6 is 22.7 Å². The van der Waals surface area contributed by atoms with Gasteiger partial charge in [-0.25, -0.2) is 4.98 Å². The number of thiophene rings is 1. The van der Waals surface area contributed by atoms with Crippen molar-refractivity contribution in [1.29, 1.82) is 0 Å². The fourth-order valence-corrected chi connectivity index (χ4v) is 6.84. The van der Waals surface area contributed by atoms with E-state index in [4.69, 9.17) is 15.5 Å². The molecule has 0 bridgehead atoms. The summed E-state index contributed by atoms with van der Waals surface area (Å²) in [5, 5.41) is 11.6. The van der Waals surface area contributed by atoms with E-state index < -0.39 is 5.41 Å². The number of aromatic nitrogens is 2. The monoisotopic (exact) mass is 500 g/mol. The maximum atomic E-state index is 12.8. The lowest BCUT2D eigenvalue weighted by molar-refractivity contribution is -0.132. The van der Waals surface area contributed by atoms with Gasteiger partial charge >= 0.3 is 0 Å². The van der Waals surface area contributed by atoms with Crippen LogP contribution in [0.3, 0.4) is 0 Å². The Morgan fingerprint density at radius 2 is 2.12 bits per heavy atom. The predicted octanol–water partition coefficient (Wildman–Crippen LogP) is 2.27. The number of fused-ring (bicyclic) bond motifs is 2. The number of nitrogens with two attached hydrogens (primary N) is 1. The Morgan fingerprint density at radius 3 is 2.91 bits per heavy atom. The van der Waals surface area contributed by atoms with Gasteiger partial charge in [-0.3, -0.25) is 14.6 Å². The molecule has 2 aliphatic rings. The van der Waals surface area contributed by atoms with E-state index >= 15 is 0 Å². The number of hydrogen-bond acceptors (Lipinski definition) is 9. The van der Waals surface area contributed by atoms with Crippen LogP contribution in [0, 0.1) is 5.41 Å². The first-order valence-electron chi connectivity index (χ1n) is 11.5. The van der Waals surface area contributed by atoms with Gasteiger partial charge in [-0.05, 0) is 37.4 Å². The van der Waals surface area contributed by atoms with Crippen LogP contribution in [0.15, 0.2) is 18.5 Å². The predicted molar refractivity (Wildman–Crippen MR) is 134 cm³/mol. The minimum Gasteiger partial charge on any atom is -0.381 e. The van der Waals surface area contributed by atoms with E-state index in [1.807, 2.05) is 6.07 Å².